The number of nitriles is 1. The topological polar surface area (TPSA) is 76.1 Å². The molecule has 1 aromatic rings. The van der Waals surface area contributed by atoms with Gasteiger partial charge in [0.2, 0.25) is 0 Å². The van der Waals surface area contributed by atoms with Gasteiger partial charge in [-0.25, -0.2) is 0 Å². The summed E-state index contributed by atoms with van der Waals surface area (Å²) in [5, 5.41) is 8.81. The van der Waals surface area contributed by atoms with Gasteiger partial charge in [-0.1, -0.05) is 6.07 Å². The third-order valence-corrected chi connectivity index (χ3v) is 2.48. The van der Waals surface area contributed by atoms with Gasteiger partial charge >= 0.3 is 12.1 Å². The molecular formula is C12H11F3N2O2. The van der Waals surface area contributed by atoms with Crippen LogP contribution in [-0.2, 0) is 28.7 Å². The second kappa shape index (κ2) is 5.71. The van der Waals surface area contributed by atoms with Crippen LogP contribution in [0, 0.1) is 11.3 Å². The van der Waals surface area contributed by atoms with Gasteiger partial charge in [-0.15, -0.1) is 0 Å². The number of hydrogen-bond donors (Lipinski definition) is 1. The van der Waals surface area contributed by atoms with Crippen molar-refractivity contribution in [2.75, 3.05) is 7.11 Å². The maximum Gasteiger partial charge on any atom is 0.417 e. The molecule has 0 aromatic heterocycles. The van der Waals surface area contributed by atoms with E-state index in [2.05, 4.69) is 4.74 Å². The molecule has 0 amide bonds. The molecular weight excluding hydrogens is 261 g/mol. The lowest BCUT2D eigenvalue weighted by Gasteiger charge is -2.15. The number of methoxy groups -OCH3 is 1. The number of benzene rings is 1. The first-order valence-corrected chi connectivity index (χ1v) is 5.23. The molecule has 0 aliphatic carbocycles. The van der Waals surface area contributed by atoms with Crippen molar-refractivity contribution in [2.24, 2.45) is 5.73 Å². The van der Waals surface area contributed by atoms with E-state index < -0.39 is 29.7 Å². The van der Waals surface area contributed by atoms with Crippen molar-refractivity contribution in [1.82, 2.24) is 0 Å². The molecule has 4 nitrogen and oxygen atoms in total. The highest BCUT2D eigenvalue weighted by Crippen LogP contribution is 2.35. The molecule has 0 atom stereocenters. The summed E-state index contributed by atoms with van der Waals surface area (Å²) >= 11 is 0. The van der Waals surface area contributed by atoms with Crippen LogP contribution in [0.25, 0.3) is 0 Å². The SMILES string of the molecule is COC(=O)Cc1cc(CN)cc(C#N)c1C(F)(F)F. The third kappa shape index (κ3) is 3.45. The summed E-state index contributed by atoms with van der Waals surface area (Å²) in [6, 6.07) is 3.72. The van der Waals surface area contributed by atoms with Crippen LogP contribution in [0.1, 0.15) is 22.3 Å². The summed E-state index contributed by atoms with van der Waals surface area (Å²) in [6.45, 7) is -0.0268. The van der Waals surface area contributed by atoms with E-state index in [0.717, 1.165) is 13.2 Å². The van der Waals surface area contributed by atoms with E-state index in [4.69, 9.17) is 11.0 Å². The van der Waals surface area contributed by atoms with Crippen LogP contribution >= 0.6 is 0 Å². The molecule has 0 fully saturated rings. The highest BCUT2D eigenvalue weighted by Gasteiger charge is 2.37. The van der Waals surface area contributed by atoms with E-state index in [1.807, 2.05) is 0 Å². The van der Waals surface area contributed by atoms with E-state index in [1.54, 1.807) is 0 Å². The fraction of sp³-hybridized carbons (Fsp3) is 0.333. The van der Waals surface area contributed by atoms with Crippen molar-refractivity contribution in [3.05, 3.63) is 34.4 Å². The fourth-order valence-corrected chi connectivity index (χ4v) is 1.68. The molecule has 0 aliphatic rings. The Hall–Kier alpha value is -2.07. The van der Waals surface area contributed by atoms with E-state index >= 15 is 0 Å². The van der Waals surface area contributed by atoms with Crippen molar-refractivity contribution in [2.45, 2.75) is 19.1 Å². The van der Waals surface area contributed by atoms with Crippen molar-refractivity contribution in [3.63, 3.8) is 0 Å². The molecule has 2 N–H and O–H groups in total. The average molecular weight is 272 g/mol. The van der Waals surface area contributed by atoms with Crippen LogP contribution in [0.2, 0.25) is 0 Å². The summed E-state index contributed by atoms with van der Waals surface area (Å²) in [6.07, 6.45) is -5.28. The van der Waals surface area contributed by atoms with E-state index in [9.17, 15) is 18.0 Å². The zero-order valence-corrected chi connectivity index (χ0v) is 10.0. The molecule has 0 spiro atoms. The normalized spacial score (nSPS) is 10.9. The molecule has 0 bridgehead atoms. The number of esters is 1. The van der Waals surface area contributed by atoms with E-state index in [1.165, 1.54) is 12.1 Å². The summed E-state index contributed by atoms with van der Waals surface area (Å²) in [4.78, 5) is 11.2. The lowest BCUT2D eigenvalue weighted by Crippen LogP contribution is -2.16. The monoisotopic (exact) mass is 272 g/mol. The van der Waals surface area contributed by atoms with Crippen LogP contribution < -0.4 is 5.73 Å². The molecule has 1 aromatic carbocycles. The van der Waals surface area contributed by atoms with Gasteiger partial charge in [0.25, 0.3) is 0 Å². The lowest BCUT2D eigenvalue weighted by atomic mass is 9.95. The number of hydrogen-bond acceptors (Lipinski definition) is 4. The number of carbonyl (C=O) groups is 1. The van der Waals surface area contributed by atoms with Crippen molar-refractivity contribution in [3.8, 4) is 6.07 Å². The molecule has 102 valence electrons. The van der Waals surface area contributed by atoms with Gasteiger partial charge < -0.3 is 10.5 Å². The Morgan fingerprint density at radius 1 is 1.47 bits per heavy atom. The largest absolute Gasteiger partial charge is 0.469 e. The number of rotatable bonds is 3. The van der Waals surface area contributed by atoms with Crippen molar-refractivity contribution in [1.29, 1.82) is 5.26 Å². The second-order valence-electron chi connectivity index (χ2n) is 3.74. The van der Waals surface area contributed by atoms with Crippen molar-refractivity contribution < 1.29 is 22.7 Å². The van der Waals surface area contributed by atoms with Gasteiger partial charge in [0.15, 0.2) is 0 Å². The Bertz CT molecular complexity index is 533. The Morgan fingerprint density at radius 3 is 2.53 bits per heavy atom. The summed E-state index contributed by atoms with van der Waals surface area (Å²) < 4.78 is 43.2. The Kier molecular flexibility index (Phi) is 4.51. The van der Waals surface area contributed by atoms with Gasteiger partial charge in [0.05, 0.1) is 30.7 Å². The molecule has 1 rings (SSSR count). The Balaban J connectivity index is 3.47. The van der Waals surface area contributed by atoms with Crippen molar-refractivity contribution >= 4 is 5.97 Å². The minimum absolute atomic E-state index is 0.0268. The first-order chi connectivity index (χ1) is 8.83. The number of carbonyl (C=O) groups excluding carboxylic acids is 1. The number of halogens is 3. The first kappa shape index (κ1) is 15.0. The lowest BCUT2D eigenvalue weighted by molar-refractivity contribution is -0.141. The standard InChI is InChI=1S/C12H11F3N2O2/c1-19-10(18)4-8-2-7(5-16)3-9(6-17)11(8)12(13,14)15/h2-3H,4-5,16H2,1H3. The maximum absolute atomic E-state index is 13.0. The maximum atomic E-state index is 13.0. The van der Waals surface area contributed by atoms with Gasteiger partial charge in [0.1, 0.15) is 0 Å². The zero-order chi connectivity index (χ0) is 14.6. The highest BCUT2D eigenvalue weighted by molar-refractivity contribution is 5.73. The summed E-state index contributed by atoms with van der Waals surface area (Å²) in [5.41, 5.74) is 3.74. The quantitative estimate of drug-likeness (QED) is 0.850. The molecule has 0 heterocycles. The van der Waals surface area contributed by atoms with Crippen LogP contribution in [0.15, 0.2) is 12.1 Å². The van der Waals surface area contributed by atoms with Gasteiger partial charge in [-0.2, -0.15) is 18.4 Å². The predicted octanol–water partition coefficient (Wildman–Crippen LogP) is 1.75. The smallest absolute Gasteiger partial charge is 0.417 e. The predicted molar refractivity (Wildman–Crippen MR) is 59.8 cm³/mol. The summed E-state index contributed by atoms with van der Waals surface area (Å²) in [7, 11) is 1.08. The summed E-state index contributed by atoms with van der Waals surface area (Å²) in [5.74, 6) is -0.816. The number of nitrogens with two attached hydrogens (primary N) is 1. The number of ether oxygens (including phenoxy) is 1. The number of alkyl halides is 3. The van der Waals surface area contributed by atoms with Crippen LogP contribution in [0.3, 0.4) is 0 Å². The molecule has 0 radical (unpaired) electrons. The average Bonchev–Trinajstić information content (AvgIpc) is 2.35. The van der Waals surface area contributed by atoms with Gasteiger partial charge in [-0.3, -0.25) is 4.79 Å². The van der Waals surface area contributed by atoms with E-state index in [-0.39, 0.29) is 12.1 Å². The highest BCUT2D eigenvalue weighted by atomic mass is 19.4. The molecule has 7 heteroatoms. The van der Waals surface area contributed by atoms with Gasteiger partial charge in [0, 0.05) is 6.54 Å². The van der Waals surface area contributed by atoms with Crippen LogP contribution in [0.4, 0.5) is 13.2 Å². The molecule has 0 saturated carbocycles. The van der Waals surface area contributed by atoms with E-state index in [0.29, 0.717) is 5.56 Å². The minimum atomic E-state index is -4.72. The Morgan fingerprint density at radius 2 is 2.11 bits per heavy atom. The minimum Gasteiger partial charge on any atom is -0.469 e. The Labute approximate surface area is 107 Å². The molecule has 19 heavy (non-hydrogen) atoms. The zero-order valence-electron chi connectivity index (χ0n) is 10.0. The molecule has 0 saturated heterocycles. The third-order valence-electron chi connectivity index (χ3n) is 2.48. The molecule has 0 unspecified atom stereocenters. The molecule has 0 aliphatic heterocycles. The van der Waals surface area contributed by atoms with Crippen LogP contribution in [0.5, 0.6) is 0 Å². The van der Waals surface area contributed by atoms with Gasteiger partial charge in [-0.05, 0) is 17.2 Å². The second-order valence-corrected chi connectivity index (χ2v) is 3.74. The fourth-order valence-electron chi connectivity index (χ4n) is 1.68. The first-order valence-electron chi connectivity index (χ1n) is 5.23. The number of nitrogens with zero attached hydrogens (tertiary/aromatic N) is 1. The van der Waals surface area contributed by atoms with Crippen LogP contribution in [-0.4, -0.2) is 13.1 Å².